The normalized spacial score (nSPS) is 11.8. The lowest BCUT2D eigenvalue weighted by Crippen LogP contribution is -2.43. The van der Waals surface area contributed by atoms with Gasteiger partial charge in [-0.1, -0.05) is 77.8 Å². The molecule has 3 aromatic carbocycles. The minimum Gasteiger partial charge on any atom is -0.385 e. The van der Waals surface area contributed by atoms with E-state index in [0.717, 1.165) is 34.0 Å². The van der Waals surface area contributed by atoms with E-state index in [1.165, 1.54) is 4.31 Å². The fourth-order valence-corrected chi connectivity index (χ4v) is 6.76. The van der Waals surface area contributed by atoms with Crippen molar-refractivity contribution in [2.45, 2.75) is 44.2 Å². The van der Waals surface area contributed by atoms with Crippen LogP contribution in [0.4, 0.5) is 0 Å². The van der Waals surface area contributed by atoms with E-state index in [4.69, 9.17) is 4.74 Å². The molecule has 218 valence electrons. The van der Waals surface area contributed by atoms with Crippen LogP contribution in [0.3, 0.4) is 0 Å². The number of rotatable bonds is 15. The number of hydrogen-bond donors (Lipinski definition) is 0. The highest BCUT2D eigenvalue weighted by Gasteiger charge is 2.29. The molecule has 4 rings (SSSR count). The molecule has 0 unspecified atom stereocenters. The summed E-state index contributed by atoms with van der Waals surface area (Å²) in [6.07, 6.45) is 4.26. The van der Waals surface area contributed by atoms with E-state index in [-0.39, 0.29) is 23.9 Å². The molecule has 0 fully saturated rings. The summed E-state index contributed by atoms with van der Waals surface area (Å²) in [5.41, 5.74) is 2.16. The maximum absolute atomic E-state index is 14.0. The van der Waals surface area contributed by atoms with Gasteiger partial charge in [-0.05, 0) is 54.1 Å². The zero-order valence-electron chi connectivity index (χ0n) is 23.7. The average molecular weight is 641 g/mol. The minimum absolute atomic E-state index is 0.187. The molecule has 0 atom stereocenters. The summed E-state index contributed by atoms with van der Waals surface area (Å²) in [5, 5.41) is 1.49. The molecule has 1 aromatic heterocycles. The van der Waals surface area contributed by atoms with Crippen LogP contribution in [0.1, 0.15) is 37.4 Å². The molecule has 0 bridgehead atoms. The number of amides is 1. The van der Waals surface area contributed by atoms with Gasteiger partial charge in [-0.15, -0.1) is 0 Å². The number of sulfonamides is 1. The van der Waals surface area contributed by atoms with Crippen molar-refractivity contribution in [3.05, 3.63) is 101 Å². The van der Waals surface area contributed by atoms with Gasteiger partial charge in [-0.2, -0.15) is 4.31 Å². The van der Waals surface area contributed by atoms with Crippen LogP contribution >= 0.6 is 15.9 Å². The first-order valence-corrected chi connectivity index (χ1v) is 16.2. The first kappa shape index (κ1) is 31.0. The van der Waals surface area contributed by atoms with Gasteiger partial charge in [0.1, 0.15) is 0 Å². The van der Waals surface area contributed by atoms with Gasteiger partial charge in [0.25, 0.3) is 0 Å². The van der Waals surface area contributed by atoms with Crippen molar-refractivity contribution in [3.8, 4) is 0 Å². The molecule has 1 heterocycles. The summed E-state index contributed by atoms with van der Waals surface area (Å²) in [6.45, 7) is 4.09. The molecule has 0 aliphatic carbocycles. The van der Waals surface area contributed by atoms with Crippen LogP contribution in [0.25, 0.3) is 10.8 Å². The topological polar surface area (TPSA) is 71.9 Å². The number of carbonyl (C=O) groups is 1. The van der Waals surface area contributed by atoms with Crippen LogP contribution < -0.4 is 0 Å². The Morgan fingerprint density at radius 3 is 2.44 bits per heavy atom. The monoisotopic (exact) mass is 639 g/mol. The van der Waals surface area contributed by atoms with Gasteiger partial charge < -0.3 is 14.2 Å². The zero-order chi connectivity index (χ0) is 29.2. The highest BCUT2D eigenvalue weighted by molar-refractivity contribution is 9.10. The molecule has 7 nitrogen and oxygen atoms in total. The Hall–Kier alpha value is -2.98. The zero-order valence-corrected chi connectivity index (χ0v) is 26.1. The second kappa shape index (κ2) is 14.8. The fraction of sp³-hybridized carbons (Fsp3) is 0.344. The van der Waals surface area contributed by atoms with Gasteiger partial charge >= 0.3 is 0 Å². The van der Waals surface area contributed by atoms with Crippen LogP contribution in [0.2, 0.25) is 0 Å². The van der Waals surface area contributed by atoms with Crippen LogP contribution in [0.5, 0.6) is 0 Å². The first-order chi connectivity index (χ1) is 19.8. The molecule has 0 aliphatic rings. The number of halogens is 1. The second-order valence-electron chi connectivity index (χ2n) is 10.1. The van der Waals surface area contributed by atoms with Crippen molar-refractivity contribution in [1.29, 1.82) is 0 Å². The first-order valence-electron chi connectivity index (χ1n) is 14.0. The Morgan fingerprint density at radius 2 is 1.68 bits per heavy atom. The Labute approximate surface area is 251 Å². The van der Waals surface area contributed by atoms with E-state index in [1.54, 1.807) is 24.1 Å². The second-order valence-corrected chi connectivity index (χ2v) is 12.9. The third-order valence-electron chi connectivity index (χ3n) is 7.11. The summed E-state index contributed by atoms with van der Waals surface area (Å²) in [7, 11) is -2.36. The predicted octanol–water partition coefficient (Wildman–Crippen LogP) is 6.31. The van der Waals surface area contributed by atoms with E-state index in [2.05, 4.69) is 39.6 Å². The summed E-state index contributed by atoms with van der Waals surface area (Å²) < 4.78 is 37.7. The number of nitrogens with zero attached hydrogens (tertiary/aromatic N) is 3. The lowest BCUT2D eigenvalue weighted by Gasteiger charge is -2.28. The quantitative estimate of drug-likeness (QED) is 0.143. The number of carbonyl (C=O) groups excluding carboxylic acids is 1. The molecule has 4 aromatic rings. The number of hydrogen-bond acceptors (Lipinski definition) is 4. The molecule has 0 saturated heterocycles. The number of methoxy groups -OCH3 is 1. The average Bonchev–Trinajstić information content (AvgIpc) is 3.41. The highest BCUT2D eigenvalue weighted by atomic mass is 79.9. The molecule has 41 heavy (non-hydrogen) atoms. The van der Waals surface area contributed by atoms with Crippen LogP contribution in [-0.4, -0.2) is 61.4 Å². The van der Waals surface area contributed by atoms with E-state index in [0.29, 0.717) is 38.0 Å². The Balaban J connectivity index is 1.58. The molecule has 1 amide bonds. The standard InChI is InChI=1S/C32H38BrN3O4S/c1-3-4-19-35(24-29-12-8-20-34(29)23-26-15-17-28(33)18-16-26)32(37)25-36(21-9-22-40-2)41(38,39)31-14-7-11-27-10-5-6-13-30(27)31/h5-8,10-18,20H,3-4,9,19,21-25H2,1-2H3. The van der Waals surface area contributed by atoms with Crippen molar-refractivity contribution >= 4 is 42.6 Å². The molecular weight excluding hydrogens is 602 g/mol. The summed E-state index contributed by atoms with van der Waals surface area (Å²) in [5.74, 6) is -0.212. The lowest BCUT2D eigenvalue weighted by atomic mass is 10.1. The van der Waals surface area contributed by atoms with Crippen molar-refractivity contribution in [3.63, 3.8) is 0 Å². The Bertz CT molecular complexity index is 1530. The lowest BCUT2D eigenvalue weighted by molar-refractivity contribution is -0.132. The molecule has 0 N–H and O–H groups in total. The van der Waals surface area contributed by atoms with Crippen molar-refractivity contribution in [2.75, 3.05) is 33.4 Å². The van der Waals surface area contributed by atoms with Crippen LogP contribution in [-0.2, 0) is 32.6 Å². The summed E-state index contributed by atoms with van der Waals surface area (Å²) in [6, 6.07) is 24.9. The van der Waals surface area contributed by atoms with Gasteiger partial charge in [0.2, 0.25) is 15.9 Å². The number of fused-ring (bicyclic) bond motifs is 1. The predicted molar refractivity (Wildman–Crippen MR) is 167 cm³/mol. The highest BCUT2D eigenvalue weighted by Crippen LogP contribution is 2.26. The maximum atomic E-state index is 14.0. The molecule has 0 saturated carbocycles. The smallest absolute Gasteiger partial charge is 0.244 e. The molecule has 0 aliphatic heterocycles. The van der Waals surface area contributed by atoms with Gasteiger partial charge in [0.15, 0.2) is 0 Å². The van der Waals surface area contributed by atoms with Gasteiger partial charge in [-0.3, -0.25) is 4.79 Å². The third kappa shape index (κ3) is 8.07. The van der Waals surface area contributed by atoms with E-state index >= 15 is 0 Å². The largest absolute Gasteiger partial charge is 0.385 e. The van der Waals surface area contributed by atoms with Crippen molar-refractivity contribution < 1.29 is 17.9 Å². The Kier molecular flexibility index (Phi) is 11.2. The molecule has 0 radical (unpaired) electrons. The third-order valence-corrected chi connectivity index (χ3v) is 9.54. The van der Waals surface area contributed by atoms with Gasteiger partial charge in [0, 0.05) is 55.1 Å². The van der Waals surface area contributed by atoms with Gasteiger partial charge in [0.05, 0.1) is 18.0 Å². The van der Waals surface area contributed by atoms with Crippen molar-refractivity contribution in [1.82, 2.24) is 13.8 Å². The molecular formula is C32H38BrN3O4S. The minimum atomic E-state index is -3.95. The Morgan fingerprint density at radius 1 is 0.927 bits per heavy atom. The SMILES string of the molecule is CCCCN(Cc1cccn1Cc1ccc(Br)cc1)C(=O)CN(CCCOC)S(=O)(=O)c1cccc2ccccc12. The molecule has 0 spiro atoms. The van der Waals surface area contributed by atoms with E-state index in [1.807, 2.05) is 60.8 Å². The summed E-state index contributed by atoms with van der Waals surface area (Å²) >= 11 is 3.49. The van der Waals surface area contributed by atoms with Crippen LogP contribution in [0.15, 0.2) is 94.4 Å². The number of benzene rings is 3. The number of aromatic nitrogens is 1. The van der Waals surface area contributed by atoms with Crippen molar-refractivity contribution in [2.24, 2.45) is 0 Å². The molecule has 9 heteroatoms. The van der Waals surface area contributed by atoms with E-state index < -0.39 is 10.0 Å². The number of unbranched alkanes of at least 4 members (excludes halogenated alkanes) is 1. The van der Waals surface area contributed by atoms with E-state index in [9.17, 15) is 13.2 Å². The summed E-state index contributed by atoms with van der Waals surface area (Å²) in [4.78, 5) is 15.8. The maximum Gasteiger partial charge on any atom is 0.244 e. The fourth-order valence-electron chi connectivity index (χ4n) is 4.85. The van der Waals surface area contributed by atoms with Crippen LogP contribution in [0, 0.1) is 0 Å². The number of ether oxygens (including phenoxy) is 1. The van der Waals surface area contributed by atoms with Gasteiger partial charge in [-0.25, -0.2) is 8.42 Å².